The van der Waals surface area contributed by atoms with E-state index in [2.05, 4.69) is 19.2 Å². The lowest BCUT2D eigenvalue weighted by molar-refractivity contribution is 0.424. The maximum absolute atomic E-state index is 12.8. The van der Waals surface area contributed by atoms with Gasteiger partial charge < -0.3 is 0 Å². The summed E-state index contributed by atoms with van der Waals surface area (Å²) >= 11 is 3.27. The minimum absolute atomic E-state index is 0.698. The zero-order valence-corrected chi connectivity index (χ0v) is 7.14. The highest BCUT2D eigenvalue weighted by molar-refractivity contribution is 7.80. The molecule has 1 aromatic carbocycles. The van der Waals surface area contributed by atoms with Gasteiger partial charge in [-0.1, -0.05) is 12.7 Å². The molecular formula is C8H4F4S. The van der Waals surface area contributed by atoms with Crippen LogP contribution in [0.25, 0.3) is 6.08 Å². The highest BCUT2D eigenvalue weighted by atomic mass is 32.1. The lowest BCUT2D eigenvalue weighted by Crippen LogP contribution is -2.00. The lowest BCUT2D eigenvalue weighted by Gasteiger charge is -2.04. The monoisotopic (exact) mass is 208 g/mol. The van der Waals surface area contributed by atoms with E-state index in [1.165, 1.54) is 0 Å². The molecule has 0 aliphatic heterocycles. The van der Waals surface area contributed by atoms with Crippen molar-refractivity contribution in [1.29, 1.82) is 0 Å². The van der Waals surface area contributed by atoms with Gasteiger partial charge in [0.15, 0.2) is 23.3 Å². The Morgan fingerprint density at radius 1 is 0.923 bits per heavy atom. The van der Waals surface area contributed by atoms with E-state index in [4.69, 9.17) is 0 Å². The van der Waals surface area contributed by atoms with E-state index in [9.17, 15) is 17.6 Å². The summed E-state index contributed by atoms with van der Waals surface area (Å²) < 4.78 is 51.0. The van der Waals surface area contributed by atoms with Crippen LogP contribution >= 0.6 is 12.6 Å². The molecule has 0 nitrogen and oxygen atoms in total. The highest BCUT2D eigenvalue weighted by Gasteiger charge is 2.21. The minimum atomic E-state index is -1.52. The third-order valence-corrected chi connectivity index (χ3v) is 1.87. The van der Waals surface area contributed by atoms with Crippen LogP contribution in [-0.4, -0.2) is 0 Å². The Bertz CT molecular complexity index is 344. The molecule has 0 fully saturated rings. The molecule has 5 heteroatoms. The molecule has 0 spiro atoms. The van der Waals surface area contributed by atoms with E-state index in [0.717, 1.165) is 0 Å². The number of benzene rings is 1. The molecule has 1 rings (SSSR count). The average Bonchev–Trinajstić information content (AvgIpc) is 2.13. The van der Waals surface area contributed by atoms with Crippen molar-refractivity contribution in [2.45, 2.75) is 4.90 Å². The van der Waals surface area contributed by atoms with Gasteiger partial charge in [-0.3, -0.25) is 0 Å². The van der Waals surface area contributed by atoms with Gasteiger partial charge in [-0.15, -0.1) is 12.6 Å². The average molecular weight is 208 g/mol. The first-order valence-corrected chi connectivity index (χ1v) is 3.62. The molecule has 0 atom stereocenters. The first kappa shape index (κ1) is 10.1. The summed E-state index contributed by atoms with van der Waals surface area (Å²) in [7, 11) is 0. The van der Waals surface area contributed by atoms with E-state index >= 15 is 0 Å². The maximum atomic E-state index is 12.8. The number of thiol groups is 1. The van der Waals surface area contributed by atoms with Crippen LogP contribution in [-0.2, 0) is 0 Å². The molecular weight excluding hydrogens is 204 g/mol. The van der Waals surface area contributed by atoms with Crippen LogP contribution in [0.3, 0.4) is 0 Å². The van der Waals surface area contributed by atoms with Crippen molar-refractivity contribution in [2.24, 2.45) is 0 Å². The summed E-state index contributed by atoms with van der Waals surface area (Å²) in [5, 5.41) is 0. The predicted molar refractivity (Wildman–Crippen MR) is 43.6 cm³/mol. The van der Waals surface area contributed by atoms with Gasteiger partial charge in [0.25, 0.3) is 0 Å². The smallest absolute Gasteiger partial charge is 0.175 e. The molecule has 0 amide bonds. The Labute approximate surface area is 77.3 Å². The van der Waals surface area contributed by atoms with Gasteiger partial charge in [-0.05, 0) is 0 Å². The second kappa shape index (κ2) is 3.41. The van der Waals surface area contributed by atoms with E-state index in [0.29, 0.717) is 6.08 Å². The molecule has 1 aromatic rings. The molecule has 70 valence electrons. The Balaban J connectivity index is 3.66. The summed E-state index contributed by atoms with van der Waals surface area (Å²) in [6.07, 6.45) is 0.698. The van der Waals surface area contributed by atoms with Crippen molar-refractivity contribution >= 4 is 18.7 Å². The number of hydrogen-bond acceptors (Lipinski definition) is 1. The van der Waals surface area contributed by atoms with Gasteiger partial charge in [0.05, 0.1) is 10.5 Å². The molecule has 0 aliphatic rings. The molecule has 0 aliphatic carbocycles. The molecule has 13 heavy (non-hydrogen) atoms. The second-order valence-electron chi connectivity index (χ2n) is 2.22. The lowest BCUT2D eigenvalue weighted by atomic mass is 10.2. The zero-order chi connectivity index (χ0) is 10.2. The van der Waals surface area contributed by atoms with Crippen molar-refractivity contribution in [3.8, 4) is 0 Å². The van der Waals surface area contributed by atoms with Crippen molar-refractivity contribution in [3.63, 3.8) is 0 Å². The van der Waals surface area contributed by atoms with Crippen molar-refractivity contribution in [1.82, 2.24) is 0 Å². The van der Waals surface area contributed by atoms with Crippen molar-refractivity contribution in [2.75, 3.05) is 0 Å². The third-order valence-electron chi connectivity index (χ3n) is 1.48. The molecule has 0 heterocycles. The number of halogens is 4. The van der Waals surface area contributed by atoms with Gasteiger partial charge in [0.2, 0.25) is 0 Å². The third kappa shape index (κ3) is 1.44. The van der Waals surface area contributed by atoms with Crippen molar-refractivity contribution < 1.29 is 17.6 Å². The first-order valence-electron chi connectivity index (χ1n) is 3.18. The molecule has 0 unspecified atom stereocenters. The predicted octanol–water partition coefficient (Wildman–Crippen LogP) is 3.17. The fourth-order valence-corrected chi connectivity index (χ4v) is 1.01. The zero-order valence-electron chi connectivity index (χ0n) is 6.24. The van der Waals surface area contributed by atoms with Gasteiger partial charge in [0.1, 0.15) is 0 Å². The quantitative estimate of drug-likeness (QED) is 0.409. The van der Waals surface area contributed by atoms with Crippen LogP contribution in [0, 0.1) is 23.3 Å². The highest BCUT2D eigenvalue weighted by Crippen LogP contribution is 2.26. The second-order valence-corrected chi connectivity index (χ2v) is 2.67. The summed E-state index contributed by atoms with van der Waals surface area (Å²) in [5.74, 6) is -6.01. The minimum Gasteiger partial charge on any atom is -0.203 e. The molecule has 0 radical (unpaired) electrons. The van der Waals surface area contributed by atoms with Gasteiger partial charge in [0, 0.05) is 0 Å². The summed E-state index contributed by atoms with van der Waals surface area (Å²) in [4.78, 5) is -0.972. The Hall–Kier alpha value is -0.970. The van der Waals surface area contributed by atoms with E-state index < -0.39 is 33.7 Å². The summed E-state index contributed by atoms with van der Waals surface area (Å²) in [6, 6.07) is 0. The molecule has 0 N–H and O–H groups in total. The van der Waals surface area contributed by atoms with Crippen LogP contribution in [0.15, 0.2) is 11.5 Å². The van der Waals surface area contributed by atoms with Gasteiger partial charge in [-0.25, -0.2) is 17.6 Å². The van der Waals surface area contributed by atoms with E-state index in [-0.39, 0.29) is 0 Å². The number of rotatable bonds is 1. The normalized spacial score (nSPS) is 10.2. The molecule has 0 bridgehead atoms. The maximum Gasteiger partial charge on any atom is 0.175 e. The van der Waals surface area contributed by atoms with Crippen LogP contribution in [0.1, 0.15) is 5.56 Å². The first-order chi connectivity index (χ1) is 6.00. The van der Waals surface area contributed by atoms with Crippen LogP contribution in [0.2, 0.25) is 0 Å². The summed E-state index contributed by atoms with van der Waals surface area (Å²) in [6.45, 7) is 3.03. The fraction of sp³-hybridized carbons (Fsp3) is 0. The molecule has 0 aromatic heterocycles. The topological polar surface area (TPSA) is 0 Å². The Morgan fingerprint density at radius 2 is 1.31 bits per heavy atom. The largest absolute Gasteiger partial charge is 0.203 e. The molecule has 0 saturated heterocycles. The van der Waals surface area contributed by atoms with Gasteiger partial charge >= 0.3 is 0 Å². The van der Waals surface area contributed by atoms with Crippen LogP contribution in [0.4, 0.5) is 17.6 Å². The Morgan fingerprint density at radius 3 is 1.62 bits per heavy atom. The standard InChI is InChI=1S/C8H4F4S/c1-2-3-4(9)6(11)8(13)7(12)5(3)10/h2,13H,1H2. The SMILES string of the molecule is C=Cc1c(F)c(F)c(S)c(F)c1F. The summed E-state index contributed by atoms with van der Waals surface area (Å²) in [5.41, 5.74) is -0.826. The molecule has 0 saturated carbocycles. The van der Waals surface area contributed by atoms with Crippen LogP contribution in [0.5, 0.6) is 0 Å². The Kier molecular flexibility index (Phi) is 2.66. The fourth-order valence-electron chi connectivity index (χ4n) is 0.816. The van der Waals surface area contributed by atoms with Crippen molar-refractivity contribution in [3.05, 3.63) is 35.4 Å². The van der Waals surface area contributed by atoms with Gasteiger partial charge in [-0.2, -0.15) is 0 Å². The van der Waals surface area contributed by atoms with E-state index in [1.54, 1.807) is 0 Å². The van der Waals surface area contributed by atoms with E-state index in [1.807, 2.05) is 0 Å². The number of hydrogen-bond donors (Lipinski definition) is 1. The van der Waals surface area contributed by atoms with Crippen LogP contribution < -0.4 is 0 Å².